The number of halogens is 1. The van der Waals surface area contributed by atoms with Gasteiger partial charge in [0, 0.05) is 0 Å². The van der Waals surface area contributed by atoms with E-state index in [9.17, 15) is 0 Å². The van der Waals surface area contributed by atoms with Gasteiger partial charge in [-0.15, -0.1) is 11.6 Å². The van der Waals surface area contributed by atoms with E-state index >= 15 is 0 Å². The first kappa shape index (κ1) is 14.5. The second kappa shape index (κ2) is 6.51. The van der Waals surface area contributed by atoms with E-state index in [4.69, 9.17) is 21.1 Å². The summed E-state index contributed by atoms with van der Waals surface area (Å²) in [5.74, 6) is 2.32. The van der Waals surface area contributed by atoms with Gasteiger partial charge in [-0.2, -0.15) is 0 Å². The molecule has 0 saturated heterocycles. The zero-order valence-electron chi connectivity index (χ0n) is 12.0. The lowest BCUT2D eigenvalue weighted by Crippen LogP contribution is -2.03. The van der Waals surface area contributed by atoms with Crippen molar-refractivity contribution in [1.82, 2.24) is 0 Å². The van der Waals surface area contributed by atoms with Crippen molar-refractivity contribution in [1.29, 1.82) is 0 Å². The quantitative estimate of drug-likeness (QED) is 0.717. The largest absolute Gasteiger partial charge is 0.493 e. The molecule has 1 aliphatic carbocycles. The minimum Gasteiger partial charge on any atom is -0.493 e. The smallest absolute Gasteiger partial charge is 0.161 e. The molecule has 0 aromatic heterocycles. The van der Waals surface area contributed by atoms with Gasteiger partial charge in [0.2, 0.25) is 0 Å². The van der Waals surface area contributed by atoms with Gasteiger partial charge in [0.25, 0.3) is 0 Å². The number of aryl methyl sites for hydroxylation is 1. The molecule has 19 heavy (non-hydrogen) atoms. The van der Waals surface area contributed by atoms with Crippen LogP contribution in [0.2, 0.25) is 0 Å². The normalized spacial score (nSPS) is 17.5. The first-order valence-corrected chi connectivity index (χ1v) is 7.46. The molecule has 0 heterocycles. The summed E-state index contributed by atoms with van der Waals surface area (Å²) < 4.78 is 10.7. The number of methoxy groups -OCH3 is 2. The van der Waals surface area contributed by atoms with E-state index in [-0.39, 0.29) is 5.38 Å². The summed E-state index contributed by atoms with van der Waals surface area (Å²) in [4.78, 5) is 0. The third-order valence-electron chi connectivity index (χ3n) is 4.12. The number of alkyl halides is 1. The van der Waals surface area contributed by atoms with Gasteiger partial charge in [-0.1, -0.05) is 25.7 Å². The molecule has 1 fully saturated rings. The summed E-state index contributed by atoms with van der Waals surface area (Å²) in [5, 5.41) is 0.0721. The predicted molar refractivity (Wildman–Crippen MR) is 79.5 cm³/mol. The first-order valence-electron chi connectivity index (χ1n) is 7.02. The molecule has 0 aliphatic heterocycles. The van der Waals surface area contributed by atoms with Crippen LogP contribution in [-0.4, -0.2) is 14.2 Å². The molecule has 1 aliphatic rings. The highest BCUT2D eigenvalue weighted by atomic mass is 35.5. The molecule has 0 spiro atoms. The minimum absolute atomic E-state index is 0.0721. The summed E-state index contributed by atoms with van der Waals surface area (Å²) in [6, 6.07) is 4.04. The predicted octanol–water partition coefficient (Wildman–Crippen LogP) is 4.87. The Morgan fingerprint density at radius 2 is 1.74 bits per heavy atom. The zero-order chi connectivity index (χ0) is 13.8. The number of rotatable bonds is 5. The average Bonchev–Trinajstić information content (AvgIpc) is 2.90. The van der Waals surface area contributed by atoms with E-state index in [0.29, 0.717) is 0 Å². The fourth-order valence-electron chi connectivity index (χ4n) is 3.00. The fraction of sp³-hybridized carbons (Fsp3) is 0.625. The van der Waals surface area contributed by atoms with Crippen molar-refractivity contribution in [3.63, 3.8) is 0 Å². The van der Waals surface area contributed by atoms with Crippen LogP contribution in [0.1, 0.15) is 48.6 Å². The summed E-state index contributed by atoms with van der Waals surface area (Å²) in [5.41, 5.74) is 2.35. The number of hydrogen-bond acceptors (Lipinski definition) is 2. The van der Waals surface area contributed by atoms with E-state index < -0.39 is 0 Å². The molecule has 0 bridgehead atoms. The Morgan fingerprint density at radius 1 is 1.16 bits per heavy atom. The highest BCUT2D eigenvalue weighted by Gasteiger charge is 2.22. The van der Waals surface area contributed by atoms with Gasteiger partial charge in [-0.05, 0) is 42.5 Å². The van der Waals surface area contributed by atoms with Gasteiger partial charge in [-0.25, -0.2) is 0 Å². The monoisotopic (exact) mass is 282 g/mol. The molecule has 0 radical (unpaired) electrons. The van der Waals surface area contributed by atoms with Crippen molar-refractivity contribution in [3.8, 4) is 11.5 Å². The van der Waals surface area contributed by atoms with Gasteiger partial charge in [0.05, 0.1) is 19.6 Å². The number of ether oxygens (including phenoxy) is 2. The Labute approximate surface area is 121 Å². The maximum absolute atomic E-state index is 6.62. The van der Waals surface area contributed by atoms with Crippen LogP contribution < -0.4 is 9.47 Å². The third-order valence-corrected chi connectivity index (χ3v) is 4.54. The van der Waals surface area contributed by atoms with Gasteiger partial charge >= 0.3 is 0 Å². The molecule has 2 nitrogen and oxygen atoms in total. The Morgan fingerprint density at radius 3 is 2.32 bits per heavy atom. The van der Waals surface area contributed by atoms with Crippen LogP contribution in [0.4, 0.5) is 0 Å². The highest BCUT2D eigenvalue weighted by Crippen LogP contribution is 2.40. The van der Waals surface area contributed by atoms with Crippen LogP contribution in [0.3, 0.4) is 0 Å². The molecule has 1 atom stereocenters. The van der Waals surface area contributed by atoms with Crippen molar-refractivity contribution in [2.45, 2.75) is 44.4 Å². The van der Waals surface area contributed by atoms with E-state index in [1.54, 1.807) is 14.2 Å². The third kappa shape index (κ3) is 3.36. The molecule has 2 rings (SSSR count). The number of benzene rings is 1. The van der Waals surface area contributed by atoms with E-state index in [1.807, 2.05) is 12.1 Å². The van der Waals surface area contributed by atoms with Crippen LogP contribution in [0.5, 0.6) is 11.5 Å². The maximum atomic E-state index is 6.62. The Kier molecular flexibility index (Phi) is 4.98. The van der Waals surface area contributed by atoms with Crippen molar-refractivity contribution in [2.75, 3.05) is 14.2 Å². The molecular formula is C16H23ClO2. The lowest BCUT2D eigenvalue weighted by molar-refractivity contribution is 0.354. The second-order valence-electron chi connectivity index (χ2n) is 5.42. The Balaban J connectivity index is 2.17. The minimum atomic E-state index is 0.0721. The molecule has 1 unspecified atom stereocenters. The molecule has 1 aromatic rings. The molecule has 106 valence electrons. The Hall–Kier alpha value is -0.890. The van der Waals surface area contributed by atoms with Crippen molar-refractivity contribution < 1.29 is 9.47 Å². The van der Waals surface area contributed by atoms with Crippen LogP contribution in [0.15, 0.2) is 12.1 Å². The van der Waals surface area contributed by atoms with E-state index in [0.717, 1.165) is 23.8 Å². The van der Waals surface area contributed by atoms with E-state index in [1.165, 1.54) is 36.8 Å². The lowest BCUT2D eigenvalue weighted by atomic mass is 9.95. The van der Waals surface area contributed by atoms with Crippen LogP contribution >= 0.6 is 11.6 Å². The topological polar surface area (TPSA) is 18.5 Å². The summed E-state index contributed by atoms with van der Waals surface area (Å²) in [7, 11) is 3.32. The standard InChI is InChI=1S/C16H23ClO2/c1-11-8-15(18-2)16(19-3)10-13(11)14(17)9-12-6-4-5-7-12/h8,10,12,14H,4-7,9H2,1-3H3. The fourth-order valence-corrected chi connectivity index (χ4v) is 3.49. The lowest BCUT2D eigenvalue weighted by Gasteiger charge is -2.19. The SMILES string of the molecule is COc1cc(C)c(C(Cl)CC2CCCC2)cc1OC. The van der Waals surface area contributed by atoms with Crippen molar-refractivity contribution >= 4 is 11.6 Å². The molecule has 0 amide bonds. The highest BCUT2D eigenvalue weighted by molar-refractivity contribution is 6.21. The van der Waals surface area contributed by atoms with Crippen LogP contribution in [0, 0.1) is 12.8 Å². The van der Waals surface area contributed by atoms with Gasteiger partial charge in [0.1, 0.15) is 0 Å². The summed E-state index contributed by atoms with van der Waals surface area (Å²) >= 11 is 6.62. The van der Waals surface area contributed by atoms with Crippen molar-refractivity contribution in [2.24, 2.45) is 5.92 Å². The Bertz CT molecular complexity index is 425. The molecule has 1 saturated carbocycles. The zero-order valence-corrected chi connectivity index (χ0v) is 12.8. The number of hydrogen-bond donors (Lipinski definition) is 0. The summed E-state index contributed by atoms with van der Waals surface area (Å²) in [6.07, 6.45) is 6.45. The van der Waals surface area contributed by atoms with Gasteiger partial charge in [-0.3, -0.25) is 0 Å². The maximum Gasteiger partial charge on any atom is 0.161 e. The molecule has 0 N–H and O–H groups in total. The van der Waals surface area contributed by atoms with Crippen LogP contribution in [-0.2, 0) is 0 Å². The van der Waals surface area contributed by atoms with Crippen molar-refractivity contribution in [3.05, 3.63) is 23.3 Å². The van der Waals surface area contributed by atoms with Crippen LogP contribution in [0.25, 0.3) is 0 Å². The second-order valence-corrected chi connectivity index (χ2v) is 5.94. The molecular weight excluding hydrogens is 260 g/mol. The van der Waals surface area contributed by atoms with Gasteiger partial charge in [0.15, 0.2) is 11.5 Å². The summed E-state index contributed by atoms with van der Waals surface area (Å²) in [6.45, 7) is 2.08. The van der Waals surface area contributed by atoms with E-state index in [2.05, 4.69) is 6.92 Å². The molecule has 3 heteroatoms. The molecule has 1 aromatic carbocycles. The van der Waals surface area contributed by atoms with Gasteiger partial charge < -0.3 is 9.47 Å². The average molecular weight is 283 g/mol. The first-order chi connectivity index (χ1) is 9.15.